The molecule has 0 aromatic carbocycles. The van der Waals surface area contributed by atoms with Crippen molar-refractivity contribution in [2.24, 2.45) is 21.8 Å². The number of amidine groups is 2. The maximum Gasteiger partial charge on any atom is 0.490 e. The third-order valence-electron chi connectivity index (χ3n) is 5.51. The molecule has 0 aromatic heterocycles. The molecule has 6 atom stereocenters. The summed E-state index contributed by atoms with van der Waals surface area (Å²) < 4.78 is 141. The maximum atomic E-state index is 12.8. The first-order valence-corrected chi connectivity index (χ1v) is 9.46. The summed E-state index contributed by atoms with van der Waals surface area (Å²) >= 11 is 0. The second kappa shape index (κ2) is 9.49. The maximum absolute atomic E-state index is 12.8. The Morgan fingerprint density at radius 3 is 1.14 bits per heavy atom. The van der Waals surface area contributed by atoms with Crippen LogP contribution < -0.4 is 10.6 Å². The highest BCUT2D eigenvalue weighted by Crippen LogP contribution is 2.51. The van der Waals surface area contributed by atoms with E-state index in [-0.39, 0.29) is 24.7 Å². The summed E-state index contributed by atoms with van der Waals surface area (Å²) in [6.07, 6.45) is -18.9. The van der Waals surface area contributed by atoms with Crippen molar-refractivity contribution in [1.29, 1.82) is 0 Å². The smallest absolute Gasteiger partial charge is 0.475 e. The number of rotatable bonds is 0. The van der Waals surface area contributed by atoms with Gasteiger partial charge in [0, 0.05) is 23.9 Å². The molecule has 4 rings (SSSR count). The number of halogens is 12. The Balaban J connectivity index is 0.000000271. The summed E-state index contributed by atoms with van der Waals surface area (Å²) in [6.45, 7) is 0. The van der Waals surface area contributed by atoms with Crippen LogP contribution >= 0.6 is 0 Å². The molecule has 2 aliphatic carbocycles. The van der Waals surface area contributed by atoms with Crippen LogP contribution in [0.2, 0.25) is 0 Å². The Hall–Kier alpha value is -2.96. The topological polar surface area (TPSA) is 123 Å². The van der Waals surface area contributed by atoms with Crippen molar-refractivity contribution in [3.05, 3.63) is 0 Å². The molecule has 206 valence electrons. The molecule has 0 aromatic rings. The minimum atomic E-state index is -5.08. The van der Waals surface area contributed by atoms with Gasteiger partial charge in [-0.05, 0) is 12.8 Å². The summed E-state index contributed by atoms with van der Waals surface area (Å²) in [4.78, 5) is 25.2. The van der Waals surface area contributed by atoms with Gasteiger partial charge in [-0.1, -0.05) is 0 Å². The number of aliphatic carboxylic acids is 2. The van der Waals surface area contributed by atoms with E-state index in [9.17, 15) is 52.7 Å². The van der Waals surface area contributed by atoms with Gasteiger partial charge in [0.1, 0.15) is 0 Å². The van der Waals surface area contributed by atoms with Crippen LogP contribution in [0.5, 0.6) is 0 Å². The highest BCUT2D eigenvalue weighted by Gasteiger charge is 2.61. The summed E-state index contributed by atoms with van der Waals surface area (Å²) in [5.41, 5.74) is 0. The summed E-state index contributed by atoms with van der Waals surface area (Å²) in [5.74, 6) is -7.92. The van der Waals surface area contributed by atoms with Gasteiger partial charge < -0.3 is 20.8 Å². The minimum absolute atomic E-state index is 0.144. The minimum Gasteiger partial charge on any atom is -0.475 e. The van der Waals surface area contributed by atoms with E-state index in [0.717, 1.165) is 0 Å². The van der Waals surface area contributed by atoms with Gasteiger partial charge in [0.05, 0.1) is 12.1 Å². The molecule has 2 heterocycles. The lowest BCUT2D eigenvalue weighted by Gasteiger charge is -2.32. The highest BCUT2D eigenvalue weighted by molar-refractivity contribution is 5.90. The quantitative estimate of drug-likeness (QED) is 0.342. The lowest BCUT2D eigenvalue weighted by Crippen LogP contribution is -2.51. The van der Waals surface area contributed by atoms with Gasteiger partial charge >= 0.3 is 36.6 Å². The molecule has 2 fully saturated rings. The molecule has 20 heteroatoms. The number of hydrogen-bond acceptors (Lipinski definition) is 6. The normalized spacial score (nSPS) is 30.7. The van der Waals surface area contributed by atoms with Gasteiger partial charge in [0.15, 0.2) is 0 Å². The van der Waals surface area contributed by atoms with Crippen LogP contribution in [-0.2, 0) is 9.59 Å². The average molecular weight is 554 g/mol. The molecular formula is C16H14F12N4O4. The van der Waals surface area contributed by atoms with Crippen molar-refractivity contribution in [3.8, 4) is 0 Å². The molecule has 0 spiro atoms. The van der Waals surface area contributed by atoms with Gasteiger partial charge in [0.2, 0.25) is 11.7 Å². The fourth-order valence-corrected chi connectivity index (χ4v) is 4.39. The standard InChI is InChI=1S/C12H12F6N4.2C2HF3O2/c13-11(14,15)9-19-3-1-4-8-6(2-5(21-9)7(3)8)22-10(20-4)12(16,17)18;2*3-2(4,5)1(6)7/h3-8H,1-2H2,(H,19,21)(H,20,22);2*(H,6,7)/t3-,4+,5+,6-,7+,8-;;. The lowest BCUT2D eigenvalue weighted by molar-refractivity contribution is -0.193. The van der Waals surface area contributed by atoms with Gasteiger partial charge in [-0.15, -0.1) is 0 Å². The second-order valence-corrected chi connectivity index (χ2v) is 7.82. The van der Waals surface area contributed by atoms with E-state index < -0.39 is 72.5 Å². The predicted molar refractivity (Wildman–Crippen MR) is 92.0 cm³/mol. The van der Waals surface area contributed by atoms with E-state index in [4.69, 9.17) is 19.8 Å². The van der Waals surface area contributed by atoms with Crippen molar-refractivity contribution in [2.45, 2.75) is 61.7 Å². The van der Waals surface area contributed by atoms with Crippen molar-refractivity contribution < 1.29 is 72.5 Å². The first-order valence-electron chi connectivity index (χ1n) is 9.46. The van der Waals surface area contributed by atoms with Gasteiger partial charge in [-0.3, -0.25) is 9.98 Å². The second-order valence-electron chi connectivity index (χ2n) is 7.82. The van der Waals surface area contributed by atoms with Crippen LogP contribution in [0, 0.1) is 11.8 Å². The van der Waals surface area contributed by atoms with Crippen LogP contribution in [-0.4, -0.2) is 82.7 Å². The molecule has 4 aliphatic rings. The molecule has 0 unspecified atom stereocenters. The number of hydrogen-bond donors (Lipinski definition) is 4. The molecule has 2 saturated carbocycles. The third kappa shape index (κ3) is 6.62. The zero-order valence-corrected chi connectivity index (χ0v) is 17.0. The van der Waals surface area contributed by atoms with Crippen molar-refractivity contribution in [2.75, 3.05) is 0 Å². The number of carboxylic acid groups (broad SMARTS) is 2. The fraction of sp³-hybridized carbons (Fsp3) is 0.750. The van der Waals surface area contributed by atoms with E-state index in [0.29, 0.717) is 0 Å². The summed E-state index contributed by atoms with van der Waals surface area (Å²) in [7, 11) is 0. The molecule has 0 bridgehead atoms. The predicted octanol–water partition coefficient (Wildman–Crippen LogP) is 2.90. The number of carbonyl (C=O) groups is 2. The summed E-state index contributed by atoms with van der Waals surface area (Å²) in [5, 5.41) is 19.0. The van der Waals surface area contributed by atoms with Gasteiger partial charge in [-0.2, -0.15) is 52.7 Å². The van der Waals surface area contributed by atoms with Crippen molar-refractivity contribution >= 4 is 23.6 Å². The van der Waals surface area contributed by atoms with Crippen LogP contribution in [0.25, 0.3) is 0 Å². The van der Waals surface area contributed by atoms with Crippen LogP contribution in [0.3, 0.4) is 0 Å². The highest BCUT2D eigenvalue weighted by atomic mass is 19.4. The van der Waals surface area contributed by atoms with E-state index in [1.54, 1.807) is 0 Å². The Bertz CT molecular complexity index is 852. The Labute approximate surface area is 191 Å². The SMILES string of the molecule is FC(F)(F)C1=N[C@@H]2C[C@@H]3N=C(C(F)(F)F)N[C@@H]4C[C@H](N1)[C@H]2[C@H]34.O=C(O)C(F)(F)F.O=C(O)C(F)(F)F. The van der Waals surface area contributed by atoms with Crippen LogP contribution in [0.15, 0.2) is 9.98 Å². The van der Waals surface area contributed by atoms with Crippen LogP contribution in [0.1, 0.15) is 12.8 Å². The zero-order chi connectivity index (χ0) is 28.0. The van der Waals surface area contributed by atoms with E-state index in [2.05, 4.69) is 20.6 Å². The first kappa shape index (κ1) is 29.3. The third-order valence-corrected chi connectivity index (χ3v) is 5.51. The molecule has 4 N–H and O–H groups in total. The first-order chi connectivity index (χ1) is 16.0. The van der Waals surface area contributed by atoms with E-state index in [1.165, 1.54) is 0 Å². The Morgan fingerprint density at radius 1 is 0.639 bits per heavy atom. The Kier molecular flexibility index (Phi) is 7.71. The monoisotopic (exact) mass is 554 g/mol. The van der Waals surface area contributed by atoms with E-state index >= 15 is 0 Å². The largest absolute Gasteiger partial charge is 0.490 e. The molecule has 8 nitrogen and oxygen atoms in total. The molecular weight excluding hydrogens is 540 g/mol. The number of alkyl halides is 12. The van der Waals surface area contributed by atoms with Gasteiger partial charge in [-0.25, -0.2) is 9.59 Å². The number of nitrogens with one attached hydrogen (secondary N) is 2. The van der Waals surface area contributed by atoms with Crippen molar-refractivity contribution in [3.63, 3.8) is 0 Å². The summed E-state index contributed by atoms with van der Waals surface area (Å²) in [6, 6.07) is -2.23. The van der Waals surface area contributed by atoms with Crippen LogP contribution in [0.4, 0.5) is 52.7 Å². The van der Waals surface area contributed by atoms with E-state index in [1.807, 2.05) is 0 Å². The molecule has 0 radical (unpaired) electrons. The molecule has 2 aliphatic heterocycles. The molecule has 0 amide bonds. The molecule has 36 heavy (non-hydrogen) atoms. The molecule has 0 saturated heterocycles. The van der Waals surface area contributed by atoms with Gasteiger partial charge in [0.25, 0.3) is 0 Å². The number of aliphatic imine (C=N–C) groups is 2. The lowest BCUT2D eigenvalue weighted by atomic mass is 9.90. The average Bonchev–Trinajstić information content (AvgIpc) is 3.23. The van der Waals surface area contributed by atoms with Crippen molar-refractivity contribution in [1.82, 2.24) is 10.6 Å². The zero-order valence-electron chi connectivity index (χ0n) is 17.0. The fourth-order valence-electron chi connectivity index (χ4n) is 4.39. The number of carboxylic acids is 2. The Morgan fingerprint density at radius 2 is 0.917 bits per heavy atom. The number of nitrogens with zero attached hydrogens (tertiary/aromatic N) is 2.